The highest BCUT2D eigenvalue weighted by Crippen LogP contribution is 2.35. The van der Waals surface area contributed by atoms with Crippen LogP contribution in [0.4, 0.5) is 16.2 Å². The van der Waals surface area contributed by atoms with E-state index in [1.165, 1.54) is 12.1 Å². The van der Waals surface area contributed by atoms with Gasteiger partial charge in [-0.15, -0.1) is 0 Å². The highest BCUT2D eigenvalue weighted by molar-refractivity contribution is 6.39. The number of hydrogen-bond donors (Lipinski definition) is 2. The number of nitrogens with zero attached hydrogens (tertiary/aromatic N) is 1. The van der Waals surface area contributed by atoms with Gasteiger partial charge in [-0.2, -0.15) is 0 Å². The fourth-order valence-corrected chi connectivity index (χ4v) is 3.78. The Labute approximate surface area is 225 Å². The lowest BCUT2D eigenvalue weighted by atomic mass is 10.1. The number of anilines is 2. The van der Waals surface area contributed by atoms with E-state index in [0.29, 0.717) is 36.0 Å². The van der Waals surface area contributed by atoms with Crippen LogP contribution >= 0.6 is 0 Å². The summed E-state index contributed by atoms with van der Waals surface area (Å²) in [5.74, 6) is -0.801. The van der Waals surface area contributed by atoms with E-state index in [9.17, 15) is 19.2 Å². The minimum atomic E-state index is -0.894. The van der Waals surface area contributed by atoms with Crippen molar-refractivity contribution in [3.63, 3.8) is 0 Å². The van der Waals surface area contributed by atoms with Crippen molar-refractivity contribution in [2.45, 2.75) is 13.8 Å². The van der Waals surface area contributed by atoms with Gasteiger partial charge in [0.15, 0.2) is 6.61 Å². The summed E-state index contributed by atoms with van der Waals surface area (Å²) in [6.07, 6.45) is 1.37. The number of ether oxygens (including phenoxy) is 3. The molecule has 0 saturated carbocycles. The number of amides is 5. The first-order valence-corrected chi connectivity index (χ1v) is 12.3. The summed E-state index contributed by atoms with van der Waals surface area (Å²) in [5, 5.41) is 4.93. The Morgan fingerprint density at radius 2 is 1.56 bits per heavy atom. The second kappa shape index (κ2) is 12.4. The van der Waals surface area contributed by atoms with Crippen LogP contribution in [0.5, 0.6) is 17.2 Å². The third-order valence-corrected chi connectivity index (χ3v) is 5.50. The van der Waals surface area contributed by atoms with Crippen LogP contribution in [-0.2, 0) is 14.4 Å². The highest BCUT2D eigenvalue weighted by Gasteiger charge is 2.38. The van der Waals surface area contributed by atoms with E-state index in [1.54, 1.807) is 55.5 Å². The molecule has 2 N–H and O–H groups in total. The molecule has 0 unspecified atom stereocenters. The molecule has 5 amide bonds. The Kier molecular flexibility index (Phi) is 8.57. The lowest BCUT2D eigenvalue weighted by Gasteiger charge is -2.28. The summed E-state index contributed by atoms with van der Waals surface area (Å²) in [5.41, 5.74) is 1.09. The van der Waals surface area contributed by atoms with Crippen LogP contribution in [0.3, 0.4) is 0 Å². The van der Waals surface area contributed by atoms with Gasteiger partial charge in [-0.1, -0.05) is 30.3 Å². The third-order valence-electron chi connectivity index (χ3n) is 5.50. The number of carbonyl (C=O) groups excluding carboxylic acids is 4. The number of carbonyl (C=O) groups is 4. The molecule has 200 valence electrons. The zero-order chi connectivity index (χ0) is 27.8. The number of para-hydroxylation sites is 1. The van der Waals surface area contributed by atoms with Crippen LogP contribution in [0.15, 0.2) is 78.4 Å². The molecule has 0 aromatic heterocycles. The Morgan fingerprint density at radius 1 is 0.872 bits per heavy atom. The minimum absolute atomic E-state index is 0.154. The molecule has 1 saturated heterocycles. The maximum Gasteiger partial charge on any atom is 0.336 e. The van der Waals surface area contributed by atoms with E-state index >= 15 is 0 Å². The Morgan fingerprint density at radius 3 is 2.26 bits per heavy atom. The highest BCUT2D eigenvalue weighted by atomic mass is 16.5. The van der Waals surface area contributed by atoms with Gasteiger partial charge in [0, 0.05) is 11.8 Å². The maximum atomic E-state index is 13.4. The predicted octanol–water partition coefficient (Wildman–Crippen LogP) is 4.17. The maximum absolute atomic E-state index is 13.4. The summed E-state index contributed by atoms with van der Waals surface area (Å²) in [6.45, 7) is 4.07. The fraction of sp³-hybridized carbons (Fsp3) is 0.172. The number of nitrogens with one attached hydrogen (secondary N) is 2. The van der Waals surface area contributed by atoms with E-state index in [-0.39, 0.29) is 29.5 Å². The van der Waals surface area contributed by atoms with Crippen molar-refractivity contribution in [1.82, 2.24) is 5.32 Å². The van der Waals surface area contributed by atoms with Crippen LogP contribution in [0.25, 0.3) is 6.08 Å². The molecule has 4 rings (SSSR count). The van der Waals surface area contributed by atoms with E-state index < -0.39 is 17.8 Å². The van der Waals surface area contributed by atoms with Crippen molar-refractivity contribution in [2.24, 2.45) is 0 Å². The lowest BCUT2D eigenvalue weighted by molar-refractivity contribution is -0.122. The van der Waals surface area contributed by atoms with Crippen molar-refractivity contribution < 1.29 is 33.4 Å². The number of hydrogen-bond acceptors (Lipinski definition) is 7. The number of rotatable bonds is 10. The lowest BCUT2D eigenvalue weighted by Crippen LogP contribution is -2.54. The van der Waals surface area contributed by atoms with Gasteiger partial charge >= 0.3 is 6.03 Å². The second-order valence-corrected chi connectivity index (χ2v) is 8.23. The van der Waals surface area contributed by atoms with Gasteiger partial charge in [-0.3, -0.25) is 19.7 Å². The van der Waals surface area contributed by atoms with Crippen LogP contribution < -0.4 is 29.7 Å². The van der Waals surface area contributed by atoms with E-state index in [1.807, 2.05) is 25.1 Å². The topological polar surface area (TPSA) is 123 Å². The van der Waals surface area contributed by atoms with Crippen LogP contribution in [-0.4, -0.2) is 43.6 Å². The summed E-state index contributed by atoms with van der Waals surface area (Å²) in [6, 6.07) is 19.4. The molecule has 3 aromatic carbocycles. The second-order valence-electron chi connectivity index (χ2n) is 8.23. The molecule has 39 heavy (non-hydrogen) atoms. The van der Waals surface area contributed by atoms with Crippen molar-refractivity contribution in [2.75, 3.05) is 30.0 Å². The zero-order valence-electron chi connectivity index (χ0n) is 21.4. The molecular formula is C29H27N3O7. The Balaban J connectivity index is 1.50. The van der Waals surface area contributed by atoms with Gasteiger partial charge in [0.2, 0.25) is 0 Å². The Hall–Kier alpha value is -5.12. The van der Waals surface area contributed by atoms with Crippen LogP contribution in [0.1, 0.15) is 19.4 Å². The smallest absolute Gasteiger partial charge is 0.336 e. The van der Waals surface area contributed by atoms with Crippen LogP contribution in [0.2, 0.25) is 0 Å². The summed E-state index contributed by atoms with van der Waals surface area (Å²) < 4.78 is 16.7. The first kappa shape index (κ1) is 26.9. The zero-order valence-corrected chi connectivity index (χ0v) is 21.4. The molecule has 0 bridgehead atoms. The van der Waals surface area contributed by atoms with Gasteiger partial charge in [0.25, 0.3) is 17.7 Å². The van der Waals surface area contributed by atoms with Crippen LogP contribution in [0, 0.1) is 0 Å². The molecule has 0 aliphatic carbocycles. The predicted molar refractivity (Wildman–Crippen MR) is 145 cm³/mol. The first-order valence-electron chi connectivity index (χ1n) is 12.3. The van der Waals surface area contributed by atoms with Gasteiger partial charge in [0.05, 0.1) is 18.9 Å². The van der Waals surface area contributed by atoms with Crippen molar-refractivity contribution in [1.29, 1.82) is 0 Å². The first-order chi connectivity index (χ1) is 18.9. The number of urea groups is 1. The Bertz CT molecular complexity index is 1400. The SMILES string of the molecule is CCOc1ccc(OCC)c(N2C(=O)NC(=O)/C(=C\c3ccc(OCC(=O)Nc4ccccc4)cc3)C2=O)c1. The monoisotopic (exact) mass is 529 g/mol. The quantitative estimate of drug-likeness (QED) is 0.299. The van der Waals surface area contributed by atoms with E-state index in [4.69, 9.17) is 14.2 Å². The molecule has 0 atom stereocenters. The molecule has 1 heterocycles. The van der Waals surface area contributed by atoms with Crippen molar-refractivity contribution in [3.05, 3.63) is 83.9 Å². The molecule has 3 aromatic rings. The molecule has 1 fully saturated rings. The molecule has 0 radical (unpaired) electrons. The third kappa shape index (κ3) is 6.61. The average Bonchev–Trinajstić information content (AvgIpc) is 2.92. The molecule has 0 spiro atoms. The summed E-state index contributed by atoms with van der Waals surface area (Å²) >= 11 is 0. The molecule has 1 aliphatic rings. The van der Waals surface area contributed by atoms with E-state index in [0.717, 1.165) is 4.90 Å². The molecule has 1 aliphatic heterocycles. The summed E-state index contributed by atoms with van der Waals surface area (Å²) in [7, 11) is 0. The van der Waals surface area contributed by atoms with Crippen molar-refractivity contribution >= 4 is 41.2 Å². The van der Waals surface area contributed by atoms with Gasteiger partial charge < -0.3 is 19.5 Å². The minimum Gasteiger partial charge on any atom is -0.494 e. The normalized spacial score (nSPS) is 14.2. The standard InChI is InChI=1S/C29H27N3O7/c1-3-37-22-14-15-25(38-4-2)24(17-22)32-28(35)23(27(34)31-29(32)36)16-19-10-12-21(13-11-19)39-18-26(33)30-20-8-6-5-7-9-20/h5-17H,3-4,18H2,1-2H3,(H,30,33)(H,31,34,36)/b23-16+. The summed E-state index contributed by atoms with van der Waals surface area (Å²) in [4.78, 5) is 51.7. The molecule has 10 nitrogen and oxygen atoms in total. The van der Waals surface area contributed by atoms with Gasteiger partial charge in [0.1, 0.15) is 22.8 Å². The largest absolute Gasteiger partial charge is 0.494 e. The molecular weight excluding hydrogens is 502 g/mol. The van der Waals surface area contributed by atoms with Gasteiger partial charge in [-0.05, 0) is 61.9 Å². The van der Waals surface area contributed by atoms with Gasteiger partial charge in [-0.25, -0.2) is 9.69 Å². The molecule has 10 heteroatoms. The number of benzene rings is 3. The van der Waals surface area contributed by atoms with E-state index in [2.05, 4.69) is 10.6 Å². The average molecular weight is 530 g/mol. The number of barbiturate groups is 1. The fourth-order valence-electron chi connectivity index (χ4n) is 3.78. The number of imide groups is 2. The van der Waals surface area contributed by atoms with Crippen molar-refractivity contribution in [3.8, 4) is 17.2 Å².